The van der Waals surface area contributed by atoms with Gasteiger partial charge >= 0.3 is 17.9 Å². The van der Waals surface area contributed by atoms with Crippen LogP contribution in [0.5, 0.6) is 0 Å². The molecule has 0 aromatic rings. The van der Waals surface area contributed by atoms with E-state index in [9.17, 15) is 14.4 Å². The van der Waals surface area contributed by atoms with Gasteiger partial charge in [0.2, 0.25) is 0 Å². The lowest BCUT2D eigenvalue weighted by Gasteiger charge is -2.04. The molecule has 0 bridgehead atoms. The van der Waals surface area contributed by atoms with Gasteiger partial charge in [0.15, 0.2) is 5.92 Å². The lowest BCUT2D eigenvalue weighted by atomic mass is 10.2. The summed E-state index contributed by atoms with van der Waals surface area (Å²) in [5, 5.41) is 0. The number of carbonyl (C=O) groups excluding carboxylic acids is 3. The summed E-state index contributed by atoms with van der Waals surface area (Å²) in [6.45, 7) is 5.02. The molecule has 114 valence electrons. The van der Waals surface area contributed by atoms with Gasteiger partial charge in [-0.05, 0) is 6.92 Å². The second-order valence-corrected chi connectivity index (χ2v) is 3.45. The third-order valence-electron chi connectivity index (χ3n) is 1.78. The number of hydrogen-bond donors (Lipinski definition) is 0. The van der Waals surface area contributed by atoms with Crippen molar-refractivity contribution in [2.45, 2.75) is 20.8 Å². The van der Waals surface area contributed by atoms with E-state index in [-0.39, 0.29) is 11.9 Å². The van der Waals surface area contributed by atoms with E-state index in [2.05, 4.69) is 51.4 Å². The van der Waals surface area contributed by atoms with E-state index in [1.807, 2.05) is 0 Å². The van der Waals surface area contributed by atoms with E-state index >= 15 is 0 Å². The number of esters is 3. The van der Waals surface area contributed by atoms with E-state index in [1.54, 1.807) is 13.8 Å². The summed E-state index contributed by atoms with van der Waals surface area (Å²) < 4.78 is 13.0. The first-order chi connectivity index (χ1) is 8.81. The first-order valence-electron chi connectivity index (χ1n) is 5.19. The Morgan fingerprint density at radius 1 is 0.737 bits per heavy atom. The zero-order valence-electron chi connectivity index (χ0n) is 11.9. The minimum atomic E-state index is -0.824. The molecule has 0 amide bonds. The zero-order valence-corrected chi connectivity index (χ0v) is 16.2. The van der Waals surface area contributed by atoms with Crippen LogP contribution in [0.3, 0.4) is 0 Å². The molecule has 0 aliphatic heterocycles. The van der Waals surface area contributed by atoms with Crippen LogP contribution < -0.4 is 0 Å². The highest BCUT2D eigenvalue weighted by molar-refractivity contribution is 15.0. The van der Waals surface area contributed by atoms with Crippen molar-refractivity contribution in [2.75, 3.05) is 21.3 Å². The number of carbonyl (C=O) groups is 3. The Balaban J connectivity index is -0.000000249. The summed E-state index contributed by atoms with van der Waals surface area (Å²) in [4.78, 5) is 31.5. The lowest BCUT2D eigenvalue weighted by molar-refractivity contribution is -0.157. The van der Waals surface area contributed by atoms with Gasteiger partial charge in [0, 0.05) is 37.2 Å². The van der Waals surface area contributed by atoms with E-state index in [0.29, 0.717) is 0 Å². The highest BCUT2D eigenvalue weighted by Crippen LogP contribution is 1.98. The molecule has 6 nitrogen and oxygen atoms in total. The van der Waals surface area contributed by atoms with Crippen molar-refractivity contribution in [1.29, 1.82) is 0 Å². The molecule has 0 aromatic heterocycles. The maximum absolute atomic E-state index is 10.6. The van der Waals surface area contributed by atoms with Gasteiger partial charge in [-0.3, -0.25) is 14.4 Å². The Morgan fingerprint density at radius 2 is 1.00 bits per heavy atom. The van der Waals surface area contributed by atoms with Crippen molar-refractivity contribution in [3.8, 4) is 0 Å². The molecule has 0 fully saturated rings. The Kier molecular flexibility index (Phi) is 20.1. The van der Waals surface area contributed by atoms with Gasteiger partial charge in [0.1, 0.15) is 0 Å². The van der Waals surface area contributed by atoms with Crippen LogP contribution in [0.1, 0.15) is 20.8 Å². The first-order valence-corrected chi connectivity index (χ1v) is 11.5. The second kappa shape index (κ2) is 15.9. The second-order valence-electron chi connectivity index (χ2n) is 3.45. The molecule has 8 heteroatoms. The van der Waals surface area contributed by atoms with Crippen molar-refractivity contribution in [3.05, 3.63) is 0 Å². The molecular weight excluding hydrogens is 482 g/mol. The van der Waals surface area contributed by atoms with Gasteiger partial charge in [-0.2, -0.15) is 0 Å². The average molecular weight is 502 g/mol. The smallest absolute Gasteiger partial charge is 0.319 e. The predicted octanol–water partition coefficient (Wildman–Crippen LogP) is 2.56. The number of methoxy groups -OCH3 is 3. The SMILES string of the molecule is COC(=O)C(C)C.COC(=O)C(C)C(=O)OC.II. The molecule has 0 spiro atoms. The van der Waals surface area contributed by atoms with Gasteiger partial charge in [0.25, 0.3) is 0 Å². The highest BCUT2D eigenvalue weighted by atomic mass is 128. The largest absolute Gasteiger partial charge is 0.469 e. The van der Waals surface area contributed by atoms with Crippen LogP contribution in [-0.2, 0) is 28.6 Å². The maximum atomic E-state index is 10.6. The lowest BCUT2D eigenvalue weighted by Crippen LogP contribution is -2.23. The average Bonchev–Trinajstić information content (AvgIpc) is 2.46. The molecular formula is C11H20I2O6. The number of ether oxygens (including phenoxy) is 3. The molecule has 0 heterocycles. The Labute approximate surface area is 137 Å². The molecule has 0 unspecified atom stereocenters. The monoisotopic (exact) mass is 502 g/mol. The first kappa shape index (κ1) is 23.9. The summed E-state index contributed by atoms with van der Waals surface area (Å²) in [5.74, 6) is -2.13. The van der Waals surface area contributed by atoms with Crippen LogP contribution >= 0.6 is 37.2 Å². The van der Waals surface area contributed by atoms with Crippen molar-refractivity contribution >= 4 is 55.1 Å². The Bertz CT molecular complexity index is 252. The van der Waals surface area contributed by atoms with Crippen LogP contribution in [0.4, 0.5) is 0 Å². The third kappa shape index (κ3) is 14.1. The molecule has 0 N–H and O–H groups in total. The number of rotatable bonds is 3. The minimum absolute atomic E-state index is 0.00463. The standard InChI is InChI=1S/C6H10O4.C5H10O2.I2/c1-4(5(7)9-2)6(8)10-3;1-4(2)5(6)7-3;1-2/h4H,1-3H3;4H,1-3H3;. The molecule has 19 heavy (non-hydrogen) atoms. The molecule has 0 aromatic carbocycles. The van der Waals surface area contributed by atoms with E-state index in [1.165, 1.54) is 28.3 Å². The highest BCUT2D eigenvalue weighted by Gasteiger charge is 2.22. The quantitative estimate of drug-likeness (QED) is 0.256. The Hall–Kier alpha value is -0.130. The van der Waals surface area contributed by atoms with Gasteiger partial charge in [-0.25, -0.2) is 0 Å². The normalized spacial score (nSPS) is 8.53. The fourth-order valence-corrected chi connectivity index (χ4v) is 0.685. The summed E-state index contributed by atoms with van der Waals surface area (Å²) >= 11 is 4.24. The molecule has 0 atom stereocenters. The van der Waals surface area contributed by atoms with Crippen LogP contribution in [0.15, 0.2) is 0 Å². The van der Waals surface area contributed by atoms with E-state index < -0.39 is 17.9 Å². The zero-order chi connectivity index (χ0) is 16.0. The van der Waals surface area contributed by atoms with Gasteiger partial charge in [-0.1, -0.05) is 13.8 Å². The van der Waals surface area contributed by atoms with Gasteiger partial charge in [0.05, 0.1) is 27.2 Å². The molecule has 0 saturated heterocycles. The molecule has 0 saturated carbocycles. The van der Waals surface area contributed by atoms with Gasteiger partial charge < -0.3 is 14.2 Å². The number of hydrogen-bond acceptors (Lipinski definition) is 6. The van der Waals surface area contributed by atoms with E-state index in [4.69, 9.17) is 0 Å². The van der Waals surface area contributed by atoms with Crippen LogP contribution in [0.2, 0.25) is 0 Å². The van der Waals surface area contributed by atoms with Crippen LogP contribution in [0, 0.1) is 11.8 Å². The third-order valence-corrected chi connectivity index (χ3v) is 1.78. The van der Waals surface area contributed by atoms with Crippen molar-refractivity contribution in [2.24, 2.45) is 11.8 Å². The summed E-state index contributed by atoms with van der Waals surface area (Å²) in [5.41, 5.74) is 0. The summed E-state index contributed by atoms with van der Waals surface area (Å²) in [7, 11) is 3.84. The minimum Gasteiger partial charge on any atom is -0.469 e. The fourth-order valence-electron chi connectivity index (χ4n) is 0.685. The van der Waals surface area contributed by atoms with Crippen molar-refractivity contribution in [3.63, 3.8) is 0 Å². The maximum Gasteiger partial charge on any atom is 0.319 e. The topological polar surface area (TPSA) is 78.9 Å². The van der Waals surface area contributed by atoms with Crippen molar-refractivity contribution in [1.82, 2.24) is 0 Å². The Morgan fingerprint density at radius 3 is 1.11 bits per heavy atom. The molecule has 0 aliphatic carbocycles. The predicted molar refractivity (Wildman–Crippen MR) is 88.1 cm³/mol. The summed E-state index contributed by atoms with van der Waals surface area (Å²) in [6.07, 6.45) is 0. The number of halogens is 2. The van der Waals surface area contributed by atoms with Crippen LogP contribution in [0.25, 0.3) is 0 Å². The van der Waals surface area contributed by atoms with E-state index in [0.717, 1.165) is 0 Å². The molecule has 0 radical (unpaired) electrons. The molecule has 0 rings (SSSR count). The fraction of sp³-hybridized carbons (Fsp3) is 0.727. The van der Waals surface area contributed by atoms with Crippen molar-refractivity contribution < 1.29 is 28.6 Å². The summed E-state index contributed by atoms with van der Waals surface area (Å²) in [6, 6.07) is 0. The van der Waals surface area contributed by atoms with Crippen LogP contribution in [-0.4, -0.2) is 39.2 Å². The molecule has 0 aliphatic rings. The van der Waals surface area contributed by atoms with Gasteiger partial charge in [-0.15, -0.1) is 0 Å².